The Bertz CT molecular complexity index is 1030. The molecule has 3 aromatic rings. The maximum absolute atomic E-state index is 12.8. The van der Waals surface area contributed by atoms with E-state index in [-0.39, 0.29) is 5.91 Å². The first-order valence-electron chi connectivity index (χ1n) is 10.3. The van der Waals surface area contributed by atoms with E-state index in [1.165, 1.54) is 18.9 Å². The van der Waals surface area contributed by atoms with Gasteiger partial charge in [0.25, 0.3) is 5.91 Å². The number of para-hydroxylation sites is 1. The third-order valence-corrected chi connectivity index (χ3v) is 6.76. The van der Waals surface area contributed by atoms with Crippen molar-refractivity contribution in [3.8, 4) is 17.2 Å². The Kier molecular flexibility index (Phi) is 6.46. The van der Waals surface area contributed by atoms with E-state index >= 15 is 0 Å². The first-order chi connectivity index (χ1) is 15.1. The molecule has 1 saturated heterocycles. The van der Waals surface area contributed by atoms with Gasteiger partial charge in [-0.1, -0.05) is 23.5 Å². The third kappa shape index (κ3) is 4.39. The number of ether oxygens (including phenoxy) is 3. The summed E-state index contributed by atoms with van der Waals surface area (Å²) >= 11 is 1.74. The van der Waals surface area contributed by atoms with E-state index < -0.39 is 0 Å². The summed E-state index contributed by atoms with van der Waals surface area (Å²) in [4.78, 5) is 19.9. The number of benzene rings is 2. The van der Waals surface area contributed by atoms with Crippen LogP contribution in [0.4, 0.5) is 5.13 Å². The van der Waals surface area contributed by atoms with Crippen LogP contribution in [0.15, 0.2) is 36.4 Å². The second-order valence-electron chi connectivity index (χ2n) is 7.49. The van der Waals surface area contributed by atoms with Crippen LogP contribution in [0, 0.1) is 5.92 Å². The van der Waals surface area contributed by atoms with Crippen molar-refractivity contribution < 1.29 is 19.0 Å². The average molecular weight is 442 g/mol. The van der Waals surface area contributed by atoms with Crippen molar-refractivity contribution in [2.45, 2.75) is 12.8 Å². The summed E-state index contributed by atoms with van der Waals surface area (Å²) in [6, 6.07) is 11.7. The molecule has 1 amide bonds. The number of rotatable bonds is 7. The predicted octanol–water partition coefficient (Wildman–Crippen LogP) is 3.97. The zero-order valence-corrected chi connectivity index (χ0v) is 18.8. The molecule has 1 aliphatic heterocycles. The van der Waals surface area contributed by atoms with Gasteiger partial charge in [-0.25, -0.2) is 4.98 Å². The first-order valence-corrected chi connectivity index (χ1v) is 11.1. The normalized spacial score (nSPS) is 14.5. The number of nitrogens with one attached hydrogen (secondary N) is 1. The molecule has 2 aromatic carbocycles. The van der Waals surface area contributed by atoms with E-state index in [9.17, 15) is 4.79 Å². The van der Waals surface area contributed by atoms with Crippen LogP contribution in [0.25, 0.3) is 10.2 Å². The lowest BCUT2D eigenvalue weighted by Gasteiger charge is -2.31. The summed E-state index contributed by atoms with van der Waals surface area (Å²) < 4.78 is 17.3. The highest BCUT2D eigenvalue weighted by atomic mass is 32.1. The van der Waals surface area contributed by atoms with Gasteiger partial charge < -0.3 is 24.4 Å². The number of piperidine rings is 1. The van der Waals surface area contributed by atoms with Crippen LogP contribution >= 0.6 is 11.3 Å². The molecular weight excluding hydrogens is 414 g/mol. The van der Waals surface area contributed by atoms with Crippen LogP contribution in [0.2, 0.25) is 0 Å². The molecule has 1 aliphatic rings. The summed E-state index contributed by atoms with van der Waals surface area (Å²) in [5.74, 6) is 1.58. The van der Waals surface area contributed by atoms with Gasteiger partial charge in [0.15, 0.2) is 16.6 Å². The molecule has 1 aromatic heterocycles. The Morgan fingerprint density at radius 2 is 1.81 bits per heavy atom. The molecule has 31 heavy (non-hydrogen) atoms. The first kappa shape index (κ1) is 21.2. The second-order valence-corrected chi connectivity index (χ2v) is 8.50. The molecule has 0 atom stereocenters. The number of nitrogens with zero attached hydrogens (tertiary/aromatic N) is 2. The van der Waals surface area contributed by atoms with Crippen LogP contribution in [0.5, 0.6) is 17.2 Å². The van der Waals surface area contributed by atoms with E-state index in [1.807, 2.05) is 12.1 Å². The van der Waals surface area contributed by atoms with Gasteiger partial charge in [0.1, 0.15) is 0 Å². The van der Waals surface area contributed by atoms with Crippen LogP contribution in [-0.2, 0) is 0 Å². The lowest BCUT2D eigenvalue weighted by molar-refractivity contribution is 0.0941. The molecule has 0 spiro atoms. The minimum atomic E-state index is -0.175. The van der Waals surface area contributed by atoms with E-state index in [2.05, 4.69) is 22.3 Å². The molecular formula is C23H27N3O4S. The lowest BCUT2D eigenvalue weighted by atomic mass is 9.97. The number of amides is 1. The van der Waals surface area contributed by atoms with Gasteiger partial charge in [-0.3, -0.25) is 4.79 Å². The van der Waals surface area contributed by atoms with Gasteiger partial charge in [0.05, 0.1) is 37.1 Å². The van der Waals surface area contributed by atoms with Crippen molar-refractivity contribution in [1.82, 2.24) is 10.3 Å². The van der Waals surface area contributed by atoms with Crippen molar-refractivity contribution in [1.29, 1.82) is 0 Å². The smallest absolute Gasteiger partial charge is 0.255 e. The SMILES string of the molecule is COc1ccc(C(=O)NCC2CCN(c3nc4ccccc4s3)CC2)c(OC)c1OC. The molecule has 164 valence electrons. The Morgan fingerprint density at radius 3 is 2.48 bits per heavy atom. The van der Waals surface area contributed by atoms with E-state index in [0.717, 1.165) is 36.6 Å². The summed E-state index contributed by atoms with van der Waals surface area (Å²) in [6.45, 7) is 2.52. The molecule has 0 bridgehead atoms. The molecule has 8 heteroatoms. The van der Waals surface area contributed by atoms with Crippen LogP contribution in [0.1, 0.15) is 23.2 Å². The molecule has 0 saturated carbocycles. The Balaban J connectivity index is 1.35. The number of fused-ring (bicyclic) bond motifs is 1. The monoisotopic (exact) mass is 441 g/mol. The molecule has 0 radical (unpaired) electrons. The van der Waals surface area contributed by atoms with Gasteiger partial charge in [0, 0.05) is 19.6 Å². The van der Waals surface area contributed by atoms with Crippen molar-refractivity contribution in [3.05, 3.63) is 42.0 Å². The van der Waals surface area contributed by atoms with Crippen LogP contribution < -0.4 is 24.4 Å². The third-order valence-electron chi connectivity index (χ3n) is 5.67. The molecule has 0 aliphatic carbocycles. The van der Waals surface area contributed by atoms with Crippen LogP contribution in [-0.4, -0.2) is 51.9 Å². The quantitative estimate of drug-likeness (QED) is 0.598. The predicted molar refractivity (Wildman–Crippen MR) is 123 cm³/mol. The van der Waals surface area contributed by atoms with Crippen molar-refractivity contribution in [2.75, 3.05) is 45.9 Å². The molecule has 0 unspecified atom stereocenters. The Morgan fingerprint density at radius 1 is 1.06 bits per heavy atom. The van der Waals surface area contributed by atoms with Crippen molar-refractivity contribution >= 4 is 32.6 Å². The fourth-order valence-corrected chi connectivity index (χ4v) is 4.95. The maximum atomic E-state index is 12.8. The number of thiazole rings is 1. The molecule has 2 heterocycles. The highest BCUT2D eigenvalue weighted by molar-refractivity contribution is 7.22. The summed E-state index contributed by atoms with van der Waals surface area (Å²) in [5.41, 5.74) is 1.49. The molecule has 1 N–H and O–H groups in total. The summed E-state index contributed by atoms with van der Waals surface area (Å²) in [6.07, 6.45) is 2.03. The van der Waals surface area contributed by atoms with Gasteiger partial charge in [-0.05, 0) is 43.0 Å². The Labute approximate surface area is 185 Å². The summed E-state index contributed by atoms with van der Waals surface area (Å²) in [5, 5.41) is 4.14. The topological polar surface area (TPSA) is 72.9 Å². The Hall–Kier alpha value is -3.00. The van der Waals surface area contributed by atoms with E-state index in [4.69, 9.17) is 19.2 Å². The standard InChI is InChI=1S/C23H27N3O4S/c1-28-18-9-8-16(20(29-2)21(18)30-3)22(27)24-14-15-10-12-26(13-11-15)23-25-17-6-4-5-7-19(17)31-23/h4-9,15H,10-14H2,1-3H3,(H,24,27). The highest BCUT2D eigenvalue weighted by Gasteiger charge is 2.24. The zero-order chi connectivity index (χ0) is 21.8. The fraction of sp³-hybridized carbons (Fsp3) is 0.391. The van der Waals surface area contributed by atoms with Crippen molar-refractivity contribution in [3.63, 3.8) is 0 Å². The summed E-state index contributed by atoms with van der Waals surface area (Å²) in [7, 11) is 4.60. The van der Waals surface area contributed by atoms with Crippen molar-refractivity contribution in [2.24, 2.45) is 5.92 Å². The molecule has 1 fully saturated rings. The average Bonchev–Trinajstić information content (AvgIpc) is 3.26. The maximum Gasteiger partial charge on any atom is 0.255 e. The van der Waals surface area contributed by atoms with Crippen LogP contribution in [0.3, 0.4) is 0 Å². The minimum absolute atomic E-state index is 0.175. The molecule has 4 rings (SSSR count). The zero-order valence-electron chi connectivity index (χ0n) is 18.0. The number of methoxy groups -OCH3 is 3. The number of carbonyl (C=O) groups excluding carboxylic acids is 1. The van der Waals surface area contributed by atoms with Gasteiger partial charge in [0.2, 0.25) is 5.75 Å². The second kappa shape index (κ2) is 9.43. The van der Waals surface area contributed by atoms with E-state index in [0.29, 0.717) is 35.3 Å². The minimum Gasteiger partial charge on any atom is -0.493 e. The highest BCUT2D eigenvalue weighted by Crippen LogP contribution is 2.39. The largest absolute Gasteiger partial charge is 0.493 e. The fourth-order valence-electron chi connectivity index (χ4n) is 3.94. The molecule has 7 nitrogen and oxygen atoms in total. The number of hydrogen-bond acceptors (Lipinski definition) is 7. The number of carbonyl (C=O) groups is 1. The van der Waals surface area contributed by atoms with E-state index in [1.54, 1.807) is 30.6 Å². The number of anilines is 1. The number of hydrogen-bond donors (Lipinski definition) is 1. The lowest BCUT2D eigenvalue weighted by Crippen LogP contribution is -2.38. The van der Waals surface area contributed by atoms with Gasteiger partial charge >= 0.3 is 0 Å². The number of aromatic nitrogens is 1. The van der Waals surface area contributed by atoms with Gasteiger partial charge in [-0.2, -0.15) is 0 Å². The van der Waals surface area contributed by atoms with Gasteiger partial charge in [-0.15, -0.1) is 0 Å².